The van der Waals surface area contributed by atoms with Crippen LogP contribution >= 0.6 is 11.6 Å². The van der Waals surface area contributed by atoms with Gasteiger partial charge in [0.15, 0.2) is 10.7 Å². The van der Waals surface area contributed by atoms with Gasteiger partial charge in [0.2, 0.25) is 0 Å². The van der Waals surface area contributed by atoms with E-state index in [0.717, 1.165) is 11.1 Å². The molecule has 0 atom stereocenters. The van der Waals surface area contributed by atoms with Crippen molar-refractivity contribution in [3.63, 3.8) is 0 Å². The summed E-state index contributed by atoms with van der Waals surface area (Å²) in [6.45, 7) is 4.11. The summed E-state index contributed by atoms with van der Waals surface area (Å²) in [7, 11) is 0. The maximum Gasteiger partial charge on any atom is 0.352 e. The lowest BCUT2D eigenvalue weighted by Crippen LogP contribution is -2.25. The predicted octanol–water partition coefficient (Wildman–Crippen LogP) is 3.54. The number of hydrogen-bond donors (Lipinski definition) is 2. The van der Waals surface area contributed by atoms with Gasteiger partial charge in [-0.3, -0.25) is 0 Å². The Morgan fingerprint density at radius 3 is 2.65 bits per heavy atom. The Kier molecular flexibility index (Phi) is 7.01. The van der Waals surface area contributed by atoms with E-state index in [1.54, 1.807) is 19.2 Å². The third-order valence-corrected chi connectivity index (χ3v) is 3.80. The van der Waals surface area contributed by atoms with Crippen molar-refractivity contribution in [1.29, 1.82) is 5.26 Å². The molecule has 6 nitrogen and oxygen atoms in total. The van der Waals surface area contributed by atoms with Crippen molar-refractivity contribution in [3.05, 3.63) is 70.3 Å². The molecule has 2 N–H and O–H groups in total. The zero-order valence-electron chi connectivity index (χ0n) is 14.5. The molecule has 0 fully saturated rings. The average molecular weight is 371 g/mol. The number of benzene rings is 1. The smallest absolute Gasteiger partial charge is 0.352 e. The number of carbonyl (C=O) groups is 1. The number of aromatic nitrogens is 1. The molecule has 2 aromatic rings. The fourth-order valence-electron chi connectivity index (χ4n) is 2.19. The maximum absolute atomic E-state index is 12.2. The summed E-state index contributed by atoms with van der Waals surface area (Å²) < 4.78 is 4.98. The number of anilines is 1. The summed E-state index contributed by atoms with van der Waals surface area (Å²) in [5.41, 5.74) is 2.16. The van der Waals surface area contributed by atoms with Crippen LogP contribution in [-0.4, -0.2) is 17.6 Å². The molecule has 0 aliphatic carbocycles. The van der Waals surface area contributed by atoms with Gasteiger partial charge in [0.1, 0.15) is 11.9 Å². The predicted molar refractivity (Wildman–Crippen MR) is 100 cm³/mol. The molecule has 0 aliphatic heterocycles. The minimum Gasteiger partial charge on any atom is -0.462 e. The Balaban J connectivity index is 2.37. The van der Waals surface area contributed by atoms with Crippen LogP contribution in [0.25, 0.3) is 0 Å². The number of esters is 1. The van der Waals surface area contributed by atoms with Gasteiger partial charge in [-0.05, 0) is 31.0 Å². The summed E-state index contributed by atoms with van der Waals surface area (Å²) >= 11 is 6.16. The van der Waals surface area contributed by atoms with Crippen molar-refractivity contribution in [2.75, 3.05) is 11.9 Å². The van der Waals surface area contributed by atoms with Gasteiger partial charge in [-0.1, -0.05) is 41.9 Å². The molecule has 2 rings (SSSR count). The van der Waals surface area contributed by atoms with Crippen LogP contribution in [0.1, 0.15) is 18.1 Å². The van der Waals surface area contributed by atoms with Gasteiger partial charge < -0.3 is 15.4 Å². The number of ether oxygens (including phenoxy) is 1. The third kappa shape index (κ3) is 4.98. The summed E-state index contributed by atoms with van der Waals surface area (Å²) in [5.74, 6) is -0.497. The number of nitrogens with zero attached hydrogens (tertiary/aromatic N) is 2. The second kappa shape index (κ2) is 9.44. The number of nitriles is 1. The largest absolute Gasteiger partial charge is 0.462 e. The third-order valence-electron chi connectivity index (χ3n) is 3.52. The van der Waals surface area contributed by atoms with Crippen molar-refractivity contribution in [3.8, 4) is 6.07 Å². The Labute approximate surface area is 157 Å². The zero-order valence-corrected chi connectivity index (χ0v) is 15.3. The molecule has 0 amide bonds. The van der Waals surface area contributed by atoms with E-state index in [4.69, 9.17) is 16.3 Å². The van der Waals surface area contributed by atoms with Crippen LogP contribution in [0.15, 0.2) is 54.0 Å². The van der Waals surface area contributed by atoms with Crippen LogP contribution in [0.3, 0.4) is 0 Å². The number of pyridine rings is 1. The highest BCUT2D eigenvalue weighted by atomic mass is 35.5. The van der Waals surface area contributed by atoms with Gasteiger partial charge in [0, 0.05) is 12.7 Å². The van der Waals surface area contributed by atoms with E-state index < -0.39 is 5.97 Å². The quantitative estimate of drug-likeness (QED) is 0.335. The first kappa shape index (κ1) is 19.3. The summed E-state index contributed by atoms with van der Waals surface area (Å²) in [4.78, 5) is 16.2. The first-order chi connectivity index (χ1) is 12.6. The average Bonchev–Trinajstić information content (AvgIpc) is 2.64. The van der Waals surface area contributed by atoms with Gasteiger partial charge in [-0.15, -0.1) is 0 Å². The van der Waals surface area contributed by atoms with Gasteiger partial charge >= 0.3 is 5.97 Å². The summed E-state index contributed by atoms with van der Waals surface area (Å²) in [6, 6.07) is 13.3. The Hall–Kier alpha value is -3.04. The molecule has 1 heterocycles. The standard InChI is InChI=1S/C19H19ClN4O2/c1-3-26-19(25)15(11-21)18(23-12-14-7-5-4-6-8-14)24-16-13(2)9-10-22-17(16)20/h4-10,23-24H,3,12H2,1-2H3/b18-15-. The molecule has 1 aromatic heterocycles. The number of nitrogens with one attached hydrogen (secondary N) is 2. The molecule has 7 heteroatoms. The minimum atomic E-state index is -0.712. The Bertz CT molecular complexity index is 824. The van der Waals surface area contributed by atoms with Crippen LogP contribution in [-0.2, 0) is 16.1 Å². The van der Waals surface area contributed by atoms with E-state index in [1.807, 2.05) is 43.3 Å². The molecule has 0 bridgehead atoms. The highest BCUT2D eigenvalue weighted by molar-refractivity contribution is 6.32. The minimum absolute atomic E-state index is 0.165. The highest BCUT2D eigenvalue weighted by Gasteiger charge is 2.19. The lowest BCUT2D eigenvalue weighted by molar-refractivity contribution is -0.138. The first-order valence-corrected chi connectivity index (χ1v) is 8.42. The molecule has 0 spiro atoms. The normalized spacial score (nSPS) is 11.2. The SMILES string of the molecule is CCOC(=O)/C(C#N)=C(/NCc1ccccc1)Nc1c(C)ccnc1Cl. The van der Waals surface area contributed by atoms with Crippen molar-refractivity contribution in [1.82, 2.24) is 10.3 Å². The van der Waals surface area contributed by atoms with Crippen molar-refractivity contribution >= 4 is 23.3 Å². The fourth-order valence-corrected chi connectivity index (χ4v) is 2.44. The Morgan fingerprint density at radius 2 is 2.04 bits per heavy atom. The molecule has 1 aromatic carbocycles. The number of halogens is 1. The van der Waals surface area contributed by atoms with E-state index in [9.17, 15) is 10.1 Å². The van der Waals surface area contributed by atoms with Crippen LogP contribution in [0.5, 0.6) is 0 Å². The molecule has 0 saturated heterocycles. The number of carbonyl (C=O) groups excluding carboxylic acids is 1. The molecular formula is C19H19ClN4O2. The summed E-state index contributed by atoms with van der Waals surface area (Å²) in [6.07, 6.45) is 1.58. The van der Waals surface area contributed by atoms with Crippen LogP contribution < -0.4 is 10.6 Å². The maximum atomic E-state index is 12.2. The fraction of sp³-hybridized carbons (Fsp3) is 0.211. The van der Waals surface area contributed by atoms with Crippen LogP contribution in [0.4, 0.5) is 5.69 Å². The van der Waals surface area contributed by atoms with E-state index in [2.05, 4.69) is 15.6 Å². The van der Waals surface area contributed by atoms with Crippen LogP contribution in [0, 0.1) is 18.3 Å². The number of aryl methyl sites for hydroxylation is 1. The molecule has 0 saturated carbocycles. The molecule has 134 valence electrons. The number of rotatable bonds is 7. The van der Waals surface area contributed by atoms with Crippen molar-refractivity contribution in [2.45, 2.75) is 20.4 Å². The lowest BCUT2D eigenvalue weighted by atomic mass is 10.2. The molecular weight excluding hydrogens is 352 g/mol. The second-order valence-corrected chi connectivity index (χ2v) is 5.70. The van der Waals surface area contributed by atoms with Crippen molar-refractivity contribution in [2.24, 2.45) is 0 Å². The monoisotopic (exact) mass is 370 g/mol. The molecule has 0 radical (unpaired) electrons. The Morgan fingerprint density at radius 1 is 1.31 bits per heavy atom. The molecule has 0 unspecified atom stereocenters. The van der Waals surface area contributed by atoms with Crippen LogP contribution in [0.2, 0.25) is 5.15 Å². The lowest BCUT2D eigenvalue weighted by Gasteiger charge is -2.17. The van der Waals surface area contributed by atoms with Gasteiger partial charge in [-0.2, -0.15) is 5.26 Å². The van der Waals surface area contributed by atoms with E-state index in [0.29, 0.717) is 12.2 Å². The second-order valence-electron chi connectivity index (χ2n) is 5.34. The van der Waals surface area contributed by atoms with Gasteiger partial charge in [-0.25, -0.2) is 9.78 Å². The summed E-state index contributed by atoms with van der Waals surface area (Å²) in [5, 5.41) is 15.8. The zero-order chi connectivity index (χ0) is 18.9. The van der Waals surface area contributed by atoms with Gasteiger partial charge in [0.05, 0.1) is 12.3 Å². The molecule has 0 aliphatic rings. The molecule has 26 heavy (non-hydrogen) atoms. The number of hydrogen-bond acceptors (Lipinski definition) is 6. The van der Waals surface area contributed by atoms with Gasteiger partial charge in [0.25, 0.3) is 0 Å². The topological polar surface area (TPSA) is 87.0 Å². The van der Waals surface area contributed by atoms with Crippen molar-refractivity contribution < 1.29 is 9.53 Å². The van der Waals surface area contributed by atoms with E-state index in [1.165, 1.54) is 0 Å². The van der Waals surface area contributed by atoms with E-state index in [-0.39, 0.29) is 23.2 Å². The highest BCUT2D eigenvalue weighted by Crippen LogP contribution is 2.24. The first-order valence-electron chi connectivity index (χ1n) is 8.04. The van der Waals surface area contributed by atoms with E-state index >= 15 is 0 Å².